The SMILES string of the molecule is CC(C)CCC[C@@H](C)C1C=C2CC(OC(=O)CCCC(=O)N(CCCCNCCC(C)N)CCC(C)N)CCC2(C)C2CCC3(C)CCCC3C12. The predicted octanol–water partition coefficient (Wildman–Crippen LogP) is 8.78. The van der Waals surface area contributed by atoms with Crippen LogP contribution in [-0.4, -0.2) is 61.1 Å². The highest BCUT2D eigenvalue weighted by molar-refractivity contribution is 5.77. The summed E-state index contributed by atoms with van der Waals surface area (Å²) < 4.78 is 6.21. The topological polar surface area (TPSA) is 111 Å². The summed E-state index contributed by atoms with van der Waals surface area (Å²) in [6, 6.07) is 0.273. The smallest absolute Gasteiger partial charge is 0.306 e. The Morgan fingerprint density at radius 3 is 2.33 bits per heavy atom. The van der Waals surface area contributed by atoms with Crippen LogP contribution in [0.15, 0.2) is 11.6 Å². The molecule has 4 rings (SSSR count). The number of carbonyl (C=O) groups excluding carboxylic acids is 2. The monoisotopic (exact) mass is 713 g/mol. The van der Waals surface area contributed by atoms with Gasteiger partial charge < -0.3 is 26.4 Å². The Bertz CT molecular complexity index is 1120. The highest BCUT2D eigenvalue weighted by Gasteiger charge is 2.59. The first-order valence-corrected chi connectivity index (χ1v) is 21.6. The van der Waals surface area contributed by atoms with E-state index in [0.717, 1.165) is 88.3 Å². The number of esters is 1. The molecule has 0 radical (unpaired) electrons. The lowest BCUT2D eigenvalue weighted by Gasteiger charge is -2.60. The van der Waals surface area contributed by atoms with Crippen LogP contribution in [0.2, 0.25) is 0 Å². The van der Waals surface area contributed by atoms with E-state index in [-0.39, 0.29) is 35.5 Å². The molecule has 0 aromatic heterocycles. The lowest BCUT2D eigenvalue weighted by molar-refractivity contribution is -0.152. The maximum atomic E-state index is 13.2. The second-order valence-electron chi connectivity index (χ2n) is 18.9. The summed E-state index contributed by atoms with van der Waals surface area (Å²) in [5.74, 6) is 4.54. The fraction of sp³-hybridized carbons (Fsp3) is 0.909. The largest absolute Gasteiger partial charge is 0.462 e. The van der Waals surface area contributed by atoms with E-state index < -0.39 is 0 Å². The lowest BCUT2D eigenvalue weighted by atomic mass is 9.45. The van der Waals surface area contributed by atoms with Crippen LogP contribution in [0.1, 0.15) is 164 Å². The van der Waals surface area contributed by atoms with Crippen LogP contribution in [-0.2, 0) is 14.3 Å². The number of carbonyl (C=O) groups is 2. The number of nitrogens with one attached hydrogen (secondary N) is 1. The summed E-state index contributed by atoms with van der Waals surface area (Å²) in [5, 5.41) is 3.45. The van der Waals surface area contributed by atoms with Crippen LogP contribution < -0.4 is 16.8 Å². The molecule has 4 aliphatic rings. The molecule has 7 heteroatoms. The normalized spacial score (nSPS) is 32.0. The number of hydrogen-bond donors (Lipinski definition) is 3. The van der Waals surface area contributed by atoms with Gasteiger partial charge in [-0.3, -0.25) is 9.59 Å². The van der Waals surface area contributed by atoms with Crippen LogP contribution in [0.4, 0.5) is 0 Å². The molecule has 5 N–H and O–H groups in total. The first-order chi connectivity index (χ1) is 24.2. The van der Waals surface area contributed by atoms with E-state index in [1.807, 2.05) is 18.7 Å². The number of nitrogens with zero attached hydrogens (tertiary/aromatic N) is 1. The van der Waals surface area contributed by atoms with Crippen LogP contribution in [0, 0.1) is 46.3 Å². The molecule has 7 nitrogen and oxygen atoms in total. The van der Waals surface area contributed by atoms with Gasteiger partial charge in [0.05, 0.1) is 0 Å². The van der Waals surface area contributed by atoms with Crippen molar-refractivity contribution >= 4 is 11.9 Å². The molecule has 3 fully saturated rings. The number of nitrogens with two attached hydrogens (primary N) is 2. The van der Waals surface area contributed by atoms with E-state index in [1.54, 1.807) is 5.57 Å². The molecule has 0 aliphatic heterocycles. The van der Waals surface area contributed by atoms with Gasteiger partial charge in [-0.05, 0) is 144 Å². The van der Waals surface area contributed by atoms with Gasteiger partial charge in [-0.2, -0.15) is 0 Å². The molecular weight excluding hydrogens is 633 g/mol. The fourth-order valence-electron chi connectivity index (χ4n) is 10.9. The second kappa shape index (κ2) is 19.8. The van der Waals surface area contributed by atoms with Crippen LogP contribution in [0.5, 0.6) is 0 Å². The average molecular weight is 713 g/mol. The van der Waals surface area contributed by atoms with Gasteiger partial charge in [0.1, 0.15) is 6.10 Å². The summed E-state index contributed by atoms with van der Waals surface area (Å²) in [7, 11) is 0. The zero-order valence-electron chi connectivity index (χ0n) is 34.2. The van der Waals surface area contributed by atoms with Crippen molar-refractivity contribution in [3.05, 3.63) is 11.6 Å². The van der Waals surface area contributed by atoms with Crippen LogP contribution in [0.25, 0.3) is 0 Å². The van der Waals surface area contributed by atoms with Crippen molar-refractivity contribution in [2.24, 2.45) is 57.8 Å². The first kappa shape index (κ1) is 42.3. The van der Waals surface area contributed by atoms with Gasteiger partial charge in [0, 0.05) is 44.4 Å². The summed E-state index contributed by atoms with van der Waals surface area (Å²) in [6.45, 7) is 19.7. The molecule has 0 spiro atoms. The Balaban J connectivity index is 1.30. The first-order valence-electron chi connectivity index (χ1n) is 21.6. The Morgan fingerprint density at radius 1 is 0.843 bits per heavy atom. The third-order valence-electron chi connectivity index (χ3n) is 14.1. The van der Waals surface area contributed by atoms with Crippen LogP contribution in [0.3, 0.4) is 0 Å². The third-order valence-corrected chi connectivity index (χ3v) is 14.1. The van der Waals surface area contributed by atoms with E-state index >= 15 is 0 Å². The molecule has 0 saturated heterocycles. The van der Waals surface area contributed by atoms with E-state index in [2.05, 4.69) is 46.0 Å². The van der Waals surface area contributed by atoms with Crippen molar-refractivity contribution in [3.63, 3.8) is 0 Å². The molecule has 0 aromatic rings. The molecule has 1 amide bonds. The summed E-state index contributed by atoms with van der Waals surface area (Å²) >= 11 is 0. The van der Waals surface area contributed by atoms with Gasteiger partial charge in [0.15, 0.2) is 0 Å². The van der Waals surface area contributed by atoms with E-state index in [4.69, 9.17) is 16.2 Å². The molecule has 0 bridgehead atoms. The van der Waals surface area contributed by atoms with Gasteiger partial charge in [0.2, 0.25) is 5.91 Å². The molecule has 9 unspecified atom stereocenters. The quantitative estimate of drug-likeness (QED) is 0.0624. The Hall–Kier alpha value is -1.44. The van der Waals surface area contributed by atoms with Crippen molar-refractivity contribution < 1.29 is 14.3 Å². The zero-order valence-corrected chi connectivity index (χ0v) is 34.2. The van der Waals surface area contributed by atoms with Crippen molar-refractivity contribution in [1.82, 2.24) is 10.2 Å². The number of rotatable bonds is 21. The second-order valence-corrected chi connectivity index (χ2v) is 18.9. The summed E-state index contributed by atoms with van der Waals surface area (Å²) in [5.41, 5.74) is 14.2. The fourth-order valence-corrected chi connectivity index (χ4v) is 10.9. The van der Waals surface area contributed by atoms with Gasteiger partial charge in [-0.25, -0.2) is 0 Å². The summed E-state index contributed by atoms with van der Waals surface area (Å²) in [6.07, 6.45) is 21.6. The molecule has 10 atom stereocenters. The standard InChI is InChI=1S/C44H80N4O3/c1-31(2)13-10-14-32(3)37-30-35-29-36(18-24-44(35,7)39-19-23-43(6)22-12-15-38(43)42(37)39)51-41(50)17-11-16-40(49)48(28-21-34(5)46)27-9-8-25-47-26-20-33(4)45/h30-34,36-39,42,47H,8-29,45-46H2,1-7H3/t32-,33?,34?,36?,37?,38?,39?,42?,43?,44?/m1/s1. The van der Waals surface area contributed by atoms with Crippen molar-refractivity contribution in [2.45, 2.75) is 182 Å². The maximum absolute atomic E-state index is 13.2. The number of fused-ring (bicyclic) bond motifs is 5. The third kappa shape index (κ3) is 11.8. The lowest BCUT2D eigenvalue weighted by Crippen LogP contribution is -2.53. The van der Waals surface area contributed by atoms with E-state index in [9.17, 15) is 9.59 Å². The molecule has 4 aliphatic carbocycles. The number of allylic oxidation sites excluding steroid dienone is 1. The Kier molecular flexibility index (Phi) is 16.4. The van der Waals surface area contributed by atoms with Crippen molar-refractivity contribution in [3.8, 4) is 0 Å². The molecular formula is C44H80N4O3. The number of unbranched alkanes of at least 4 members (excludes halogenated alkanes) is 1. The minimum Gasteiger partial charge on any atom is -0.462 e. The number of ether oxygens (including phenoxy) is 1. The van der Waals surface area contributed by atoms with Crippen LogP contribution >= 0.6 is 0 Å². The Labute approximate surface area is 313 Å². The minimum atomic E-state index is -0.135. The van der Waals surface area contributed by atoms with E-state index in [1.165, 1.54) is 51.4 Å². The zero-order chi connectivity index (χ0) is 37.2. The maximum Gasteiger partial charge on any atom is 0.306 e. The van der Waals surface area contributed by atoms with Crippen molar-refractivity contribution in [2.75, 3.05) is 26.2 Å². The molecule has 0 heterocycles. The highest BCUT2D eigenvalue weighted by Crippen LogP contribution is 2.67. The van der Waals surface area contributed by atoms with Gasteiger partial charge in [0.25, 0.3) is 0 Å². The highest BCUT2D eigenvalue weighted by atomic mass is 16.5. The molecule has 0 aromatic carbocycles. The molecule has 294 valence electrons. The van der Waals surface area contributed by atoms with Crippen molar-refractivity contribution in [1.29, 1.82) is 0 Å². The van der Waals surface area contributed by atoms with Gasteiger partial charge in [-0.15, -0.1) is 0 Å². The number of hydrogen-bond acceptors (Lipinski definition) is 6. The Morgan fingerprint density at radius 2 is 1.61 bits per heavy atom. The minimum absolute atomic E-state index is 0.0366. The molecule has 3 saturated carbocycles. The van der Waals surface area contributed by atoms with Gasteiger partial charge >= 0.3 is 5.97 Å². The predicted molar refractivity (Wildman–Crippen MR) is 212 cm³/mol. The average Bonchev–Trinajstić information content (AvgIpc) is 3.46. The van der Waals surface area contributed by atoms with Gasteiger partial charge in [-0.1, -0.05) is 72.0 Å². The molecule has 51 heavy (non-hydrogen) atoms. The number of amides is 1. The summed E-state index contributed by atoms with van der Waals surface area (Å²) in [4.78, 5) is 28.4. The van der Waals surface area contributed by atoms with E-state index in [0.29, 0.717) is 43.1 Å².